The van der Waals surface area contributed by atoms with Crippen LogP contribution in [0.5, 0.6) is 5.88 Å². The molecule has 160 valence electrons. The van der Waals surface area contributed by atoms with Crippen LogP contribution in [0.1, 0.15) is 35.9 Å². The molecule has 1 aliphatic carbocycles. The number of carbonyl (C=O) groups is 1. The minimum Gasteiger partial charge on any atom is -0.475 e. The second kappa shape index (κ2) is 7.92. The molecule has 0 radical (unpaired) electrons. The van der Waals surface area contributed by atoms with Crippen molar-refractivity contribution in [1.29, 1.82) is 0 Å². The molecule has 0 aromatic carbocycles. The third-order valence-electron chi connectivity index (χ3n) is 6.44. The summed E-state index contributed by atoms with van der Waals surface area (Å²) in [4.78, 5) is 26.0. The third-order valence-corrected chi connectivity index (χ3v) is 6.66. The number of hydrogen-bond acceptors (Lipinski definition) is 6. The van der Waals surface area contributed by atoms with Crippen molar-refractivity contribution < 1.29 is 9.53 Å². The molecule has 1 amide bonds. The lowest BCUT2D eigenvalue weighted by molar-refractivity contribution is -0.0677. The number of amides is 1. The molecule has 0 N–H and O–H groups in total. The van der Waals surface area contributed by atoms with Gasteiger partial charge in [0.1, 0.15) is 12.3 Å². The Morgan fingerprint density at radius 3 is 2.68 bits per heavy atom. The third kappa shape index (κ3) is 3.65. The fourth-order valence-electron chi connectivity index (χ4n) is 4.62. The average molecular weight is 439 g/mol. The SMILES string of the molecule is Cc1ccc(-n2nccn2)c(C(=O)N2C3CC(C3)[C@@H](C)[C@H]2COc2ccc(Cl)cn2)n1. The van der Waals surface area contributed by atoms with Gasteiger partial charge in [0.15, 0.2) is 5.69 Å². The Kier molecular flexibility index (Phi) is 5.09. The molecule has 5 heterocycles. The highest BCUT2D eigenvalue weighted by Gasteiger charge is 2.51. The first kappa shape index (κ1) is 19.9. The second-order valence-electron chi connectivity index (χ2n) is 8.29. The molecule has 2 bridgehead atoms. The van der Waals surface area contributed by atoms with Crippen LogP contribution in [-0.4, -0.2) is 54.5 Å². The minimum absolute atomic E-state index is 0.0665. The molecule has 31 heavy (non-hydrogen) atoms. The molecule has 0 unspecified atom stereocenters. The number of aromatic nitrogens is 5. The molecule has 2 atom stereocenters. The van der Waals surface area contributed by atoms with Gasteiger partial charge in [0, 0.05) is 24.0 Å². The lowest BCUT2D eigenvalue weighted by atomic mass is 9.64. The summed E-state index contributed by atoms with van der Waals surface area (Å²) in [5.41, 5.74) is 1.71. The van der Waals surface area contributed by atoms with E-state index in [1.165, 1.54) is 4.80 Å². The van der Waals surface area contributed by atoms with Crippen LogP contribution in [0.15, 0.2) is 42.9 Å². The Labute approximate surface area is 185 Å². The predicted molar refractivity (Wildman–Crippen MR) is 114 cm³/mol. The lowest BCUT2D eigenvalue weighted by Gasteiger charge is -2.57. The van der Waals surface area contributed by atoms with Crippen molar-refractivity contribution in [3.63, 3.8) is 0 Å². The van der Waals surface area contributed by atoms with Gasteiger partial charge in [-0.05, 0) is 49.8 Å². The maximum absolute atomic E-state index is 13.8. The molecular formula is C22H23ClN6O2. The Hall–Kier alpha value is -3.00. The first-order valence-corrected chi connectivity index (χ1v) is 10.8. The van der Waals surface area contributed by atoms with Gasteiger partial charge in [0.25, 0.3) is 5.91 Å². The summed E-state index contributed by atoms with van der Waals surface area (Å²) < 4.78 is 5.97. The summed E-state index contributed by atoms with van der Waals surface area (Å²) in [6.07, 6.45) is 6.77. The van der Waals surface area contributed by atoms with Crippen LogP contribution >= 0.6 is 11.6 Å². The van der Waals surface area contributed by atoms with Crippen molar-refractivity contribution in [2.24, 2.45) is 11.8 Å². The fraction of sp³-hybridized carbons (Fsp3) is 0.409. The van der Waals surface area contributed by atoms with Crippen LogP contribution in [0, 0.1) is 18.8 Å². The fourth-order valence-corrected chi connectivity index (χ4v) is 4.73. The molecule has 6 rings (SSSR count). The van der Waals surface area contributed by atoms with Crippen molar-refractivity contribution in [1.82, 2.24) is 29.9 Å². The van der Waals surface area contributed by atoms with E-state index < -0.39 is 0 Å². The lowest BCUT2D eigenvalue weighted by Crippen LogP contribution is -2.64. The molecule has 1 saturated carbocycles. The number of ether oxygens (including phenoxy) is 1. The topological polar surface area (TPSA) is 86.0 Å². The molecule has 9 heteroatoms. The number of aryl methyl sites for hydroxylation is 1. The van der Waals surface area contributed by atoms with Gasteiger partial charge in [-0.15, -0.1) is 4.80 Å². The van der Waals surface area contributed by atoms with Crippen LogP contribution in [0.3, 0.4) is 0 Å². The van der Waals surface area contributed by atoms with E-state index in [4.69, 9.17) is 16.3 Å². The van der Waals surface area contributed by atoms with Crippen LogP contribution < -0.4 is 4.74 Å². The van der Waals surface area contributed by atoms with Crippen LogP contribution in [0.25, 0.3) is 5.69 Å². The first-order valence-electron chi connectivity index (χ1n) is 10.4. The Bertz CT molecular complexity index is 1080. The van der Waals surface area contributed by atoms with Gasteiger partial charge in [-0.2, -0.15) is 10.2 Å². The van der Waals surface area contributed by atoms with Crippen molar-refractivity contribution in [2.45, 2.75) is 38.8 Å². The smallest absolute Gasteiger partial charge is 0.275 e. The van der Waals surface area contributed by atoms with Crippen molar-refractivity contribution in [3.05, 3.63) is 59.3 Å². The number of hydrogen-bond donors (Lipinski definition) is 0. The molecule has 3 aromatic heterocycles. The van der Waals surface area contributed by atoms with Gasteiger partial charge in [-0.25, -0.2) is 9.97 Å². The number of pyridine rings is 2. The van der Waals surface area contributed by atoms with Gasteiger partial charge >= 0.3 is 0 Å². The van der Waals surface area contributed by atoms with E-state index in [-0.39, 0.29) is 18.0 Å². The maximum atomic E-state index is 13.8. The molecule has 2 aliphatic heterocycles. The van der Waals surface area contributed by atoms with E-state index in [0.717, 1.165) is 18.5 Å². The van der Waals surface area contributed by atoms with Gasteiger partial charge in [-0.3, -0.25) is 4.79 Å². The summed E-state index contributed by atoms with van der Waals surface area (Å²) in [6.45, 7) is 4.45. The Morgan fingerprint density at radius 1 is 1.19 bits per heavy atom. The predicted octanol–water partition coefficient (Wildman–Crippen LogP) is 3.34. The molecular weight excluding hydrogens is 416 g/mol. The Morgan fingerprint density at radius 2 is 1.97 bits per heavy atom. The largest absolute Gasteiger partial charge is 0.475 e. The molecule has 8 nitrogen and oxygen atoms in total. The number of fused-ring (bicyclic) bond motifs is 2. The van der Waals surface area contributed by atoms with E-state index >= 15 is 0 Å². The minimum atomic E-state index is -0.108. The molecule has 3 aliphatic rings. The van der Waals surface area contributed by atoms with E-state index in [2.05, 4.69) is 27.1 Å². The van der Waals surface area contributed by atoms with Crippen LogP contribution in [0.2, 0.25) is 5.02 Å². The normalized spacial score (nSPS) is 24.5. The van der Waals surface area contributed by atoms with Gasteiger partial charge in [0.2, 0.25) is 5.88 Å². The first-order chi connectivity index (χ1) is 15.0. The summed E-state index contributed by atoms with van der Waals surface area (Å²) in [7, 11) is 0. The maximum Gasteiger partial charge on any atom is 0.275 e. The van der Waals surface area contributed by atoms with Crippen molar-refractivity contribution in [2.75, 3.05) is 6.61 Å². The number of nitrogens with zero attached hydrogens (tertiary/aromatic N) is 6. The van der Waals surface area contributed by atoms with Gasteiger partial charge in [0.05, 0.1) is 23.5 Å². The van der Waals surface area contributed by atoms with Gasteiger partial charge in [-0.1, -0.05) is 18.5 Å². The average Bonchev–Trinajstić information content (AvgIpc) is 3.27. The molecule has 3 aromatic rings. The van der Waals surface area contributed by atoms with Crippen LogP contribution in [-0.2, 0) is 0 Å². The summed E-state index contributed by atoms with van der Waals surface area (Å²) in [5, 5.41) is 8.96. The quantitative estimate of drug-likeness (QED) is 0.607. The summed E-state index contributed by atoms with van der Waals surface area (Å²) in [6, 6.07) is 7.32. The van der Waals surface area contributed by atoms with E-state index in [1.54, 1.807) is 30.7 Å². The van der Waals surface area contributed by atoms with E-state index in [1.807, 2.05) is 24.0 Å². The number of piperidine rings is 2. The number of rotatable bonds is 5. The Balaban J connectivity index is 1.45. The summed E-state index contributed by atoms with van der Waals surface area (Å²) in [5.74, 6) is 1.32. The zero-order valence-corrected chi connectivity index (χ0v) is 18.1. The molecule has 0 spiro atoms. The standard InChI is InChI=1S/C22H23ClN6O2/c1-13-3-5-18(29-25-7-8-26-29)21(27-13)22(30)28-17-9-15(10-17)14(2)19(28)12-31-20-6-4-16(23)11-24-20/h3-8,11,14-15,17,19H,9-10,12H2,1-2H3/t14-,15?,17?,19-/m1/s1. The monoisotopic (exact) mass is 438 g/mol. The van der Waals surface area contributed by atoms with Crippen LogP contribution in [0.4, 0.5) is 0 Å². The highest BCUT2D eigenvalue weighted by molar-refractivity contribution is 6.30. The second-order valence-corrected chi connectivity index (χ2v) is 8.73. The molecule has 3 fully saturated rings. The molecule has 2 saturated heterocycles. The number of carbonyl (C=O) groups excluding carboxylic acids is 1. The zero-order chi connectivity index (χ0) is 21.5. The van der Waals surface area contributed by atoms with E-state index in [9.17, 15) is 4.79 Å². The highest BCUT2D eigenvalue weighted by atomic mass is 35.5. The highest BCUT2D eigenvalue weighted by Crippen LogP contribution is 2.47. The number of halogens is 1. The van der Waals surface area contributed by atoms with Crippen molar-refractivity contribution in [3.8, 4) is 11.6 Å². The van der Waals surface area contributed by atoms with Gasteiger partial charge < -0.3 is 9.64 Å². The summed E-state index contributed by atoms with van der Waals surface area (Å²) >= 11 is 5.92. The zero-order valence-electron chi connectivity index (χ0n) is 17.3. The van der Waals surface area contributed by atoms with Crippen molar-refractivity contribution >= 4 is 17.5 Å². The van der Waals surface area contributed by atoms with E-state index in [0.29, 0.717) is 40.7 Å².